The van der Waals surface area contributed by atoms with E-state index in [1.807, 2.05) is 12.1 Å². The lowest BCUT2D eigenvalue weighted by atomic mass is 10.0. The normalized spacial score (nSPS) is 19.7. The van der Waals surface area contributed by atoms with Crippen LogP contribution in [-0.4, -0.2) is 37.7 Å². The first-order valence-corrected chi connectivity index (χ1v) is 7.01. The number of nitrogens with one attached hydrogen (secondary N) is 1. The van der Waals surface area contributed by atoms with Gasteiger partial charge in [-0.3, -0.25) is 4.90 Å². The molecule has 1 atom stereocenters. The molecular formula is C15H23FN2O. The highest BCUT2D eigenvalue weighted by molar-refractivity contribution is 5.28. The first kappa shape index (κ1) is 14.3. The van der Waals surface area contributed by atoms with Crippen molar-refractivity contribution in [2.75, 3.05) is 26.7 Å². The van der Waals surface area contributed by atoms with Crippen LogP contribution >= 0.6 is 0 Å². The quantitative estimate of drug-likeness (QED) is 0.885. The Bertz CT molecular complexity index is 405. The second-order valence-electron chi connectivity index (χ2n) is 5.02. The number of methoxy groups -OCH3 is 1. The molecule has 1 fully saturated rings. The monoisotopic (exact) mass is 266 g/mol. The van der Waals surface area contributed by atoms with Crippen LogP contribution < -0.4 is 10.1 Å². The number of benzene rings is 1. The Morgan fingerprint density at radius 1 is 1.47 bits per heavy atom. The maximum Gasteiger partial charge on any atom is 0.131 e. The van der Waals surface area contributed by atoms with E-state index in [-0.39, 0.29) is 5.82 Å². The van der Waals surface area contributed by atoms with Gasteiger partial charge in [0.25, 0.3) is 0 Å². The molecule has 3 nitrogen and oxygen atoms in total. The molecule has 0 bridgehead atoms. The summed E-state index contributed by atoms with van der Waals surface area (Å²) in [6.45, 7) is 5.85. The van der Waals surface area contributed by atoms with Gasteiger partial charge >= 0.3 is 0 Å². The van der Waals surface area contributed by atoms with Crippen LogP contribution in [0, 0.1) is 5.82 Å². The lowest BCUT2D eigenvalue weighted by Crippen LogP contribution is -2.45. The van der Waals surface area contributed by atoms with Crippen molar-refractivity contribution in [3.8, 4) is 5.75 Å². The van der Waals surface area contributed by atoms with Gasteiger partial charge in [-0.25, -0.2) is 4.39 Å². The van der Waals surface area contributed by atoms with Crippen LogP contribution in [0.15, 0.2) is 18.2 Å². The van der Waals surface area contributed by atoms with E-state index >= 15 is 0 Å². The molecule has 19 heavy (non-hydrogen) atoms. The number of ether oxygens (including phenoxy) is 1. The second-order valence-corrected chi connectivity index (χ2v) is 5.02. The zero-order chi connectivity index (χ0) is 13.7. The fourth-order valence-electron chi connectivity index (χ4n) is 2.65. The third kappa shape index (κ3) is 3.67. The van der Waals surface area contributed by atoms with Crippen LogP contribution in [-0.2, 0) is 6.54 Å². The first-order valence-electron chi connectivity index (χ1n) is 7.01. The van der Waals surface area contributed by atoms with Gasteiger partial charge in [-0.1, -0.05) is 13.0 Å². The summed E-state index contributed by atoms with van der Waals surface area (Å²) >= 11 is 0. The van der Waals surface area contributed by atoms with Crippen molar-refractivity contribution in [3.63, 3.8) is 0 Å². The average Bonchev–Trinajstić information content (AvgIpc) is 2.47. The molecule has 1 unspecified atom stereocenters. The summed E-state index contributed by atoms with van der Waals surface area (Å²) in [6, 6.07) is 5.63. The van der Waals surface area contributed by atoms with Gasteiger partial charge in [0.15, 0.2) is 0 Å². The van der Waals surface area contributed by atoms with Gasteiger partial charge in [0.05, 0.1) is 7.11 Å². The van der Waals surface area contributed by atoms with Crippen LogP contribution in [0.4, 0.5) is 4.39 Å². The molecule has 1 heterocycles. The van der Waals surface area contributed by atoms with E-state index in [2.05, 4.69) is 17.1 Å². The Kier molecular flexibility index (Phi) is 5.16. The van der Waals surface area contributed by atoms with Gasteiger partial charge in [0.2, 0.25) is 0 Å². The van der Waals surface area contributed by atoms with Crippen LogP contribution in [0.5, 0.6) is 5.75 Å². The summed E-state index contributed by atoms with van der Waals surface area (Å²) in [7, 11) is 1.56. The van der Waals surface area contributed by atoms with E-state index in [4.69, 9.17) is 4.74 Å². The minimum absolute atomic E-state index is 0.179. The standard InChI is InChI=1S/C15H23FN2O/c1-3-18(13-5-4-8-17-10-13)11-12-6-7-14(19-2)9-15(12)16/h6-7,9,13,17H,3-5,8,10-11H2,1-2H3. The highest BCUT2D eigenvalue weighted by Gasteiger charge is 2.20. The molecule has 1 aromatic rings. The van der Waals surface area contributed by atoms with E-state index < -0.39 is 0 Å². The Morgan fingerprint density at radius 2 is 2.32 bits per heavy atom. The summed E-state index contributed by atoms with van der Waals surface area (Å²) in [5.41, 5.74) is 0.744. The Morgan fingerprint density at radius 3 is 2.89 bits per heavy atom. The number of likely N-dealkylation sites (N-methyl/N-ethyl adjacent to an activating group) is 1. The molecule has 0 spiro atoms. The van der Waals surface area contributed by atoms with Crippen molar-refractivity contribution in [1.82, 2.24) is 10.2 Å². The van der Waals surface area contributed by atoms with Crippen molar-refractivity contribution in [2.24, 2.45) is 0 Å². The lowest BCUT2D eigenvalue weighted by molar-refractivity contribution is 0.164. The molecule has 0 aromatic heterocycles. The zero-order valence-electron chi connectivity index (χ0n) is 11.8. The van der Waals surface area contributed by atoms with Crippen molar-refractivity contribution in [1.29, 1.82) is 0 Å². The van der Waals surface area contributed by atoms with Crippen LogP contribution in [0.3, 0.4) is 0 Å². The molecular weight excluding hydrogens is 243 g/mol. The van der Waals surface area contributed by atoms with Crippen LogP contribution in [0.25, 0.3) is 0 Å². The smallest absolute Gasteiger partial charge is 0.131 e. The number of hydrogen-bond donors (Lipinski definition) is 1. The van der Waals surface area contributed by atoms with Gasteiger partial charge < -0.3 is 10.1 Å². The molecule has 106 valence electrons. The molecule has 4 heteroatoms. The second kappa shape index (κ2) is 6.87. The first-order chi connectivity index (χ1) is 9.24. The van der Waals surface area contributed by atoms with E-state index in [0.717, 1.165) is 25.2 Å². The minimum Gasteiger partial charge on any atom is -0.497 e. The predicted octanol–water partition coefficient (Wildman–Crippen LogP) is 2.41. The fourth-order valence-corrected chi connectivity index (χ4v) is 2.65. The molecule has 0 amide bonds. The number of halogens is 1. The largest absolute Gasteiger partial charge is 0.497 e. The highest BCUT2D eigenvalue weighted by Crippen LogP contribution is 2.20. The molecule has 1 aromatic carbocycles. The van der Waals surface area contributed by atoms with Gasteiger partial charge in [0, 0.05) is 30.8 Å². The fraction of sp³-hybridized carbons (Fsp3) is 0.600. The van der Waals surface area contributed by atoms with Gasteiger partial charge in [-0.15, -0.1) is 0 Å². The number of rotatable bonds is 5. The molecule has 1 saturated heterocycles. The summed E-state index contributed by atoms with van der Waals surface area (Å²) in [4.78, 5) is 2.34. The van der Waals surface area contributed by atoms with E-state index in [0.29, 0.717) is 18.3 Å². The topological polar surface area (TPSA) is 24.5 Å². The SMILES string of the molecule is CCN(Cc1ccc(OC)cc1F)C1CCCNC1. The molecule has 0 saturated carbocycles. The summed E-state index contributed by atoms with van der Waals surface area (Å²) in [6.07, 6.45) is 2.39. The van der Waals surface area contributed by atoms with Crippen LogP contribution in [0.2, 0.25) is 0 Å². The minimum atomic E-state index is -0.179. The van der Waals surface area contributed by atoms with Crippen molar-refractivity contribution < 1.29 is 9.13 Å². The maximum absolute atomic E-state index is 14.0. The highest BCUT2D eigenvalue weighted by atomic mass is 19.1. The molecule has 1 aliphatic heterocycles. The maximum atomic E-state index is 14.0. The molecule has 1 N–H and O–H groups in total. The summed E-state index contributed by atoms with van der Waals surface area (Å²) < 4.78 is 19.0. The zero-order valence-corrected chi connectivity index (χ0v) is 11.8. The lowest BCUT2D eigenvalue weighted by Gasteiger charge is -2.34. The van der Waals surface area contributed by atoms with Gasteiger partial charge in [-0.05, 0) is 32.0 Å². The molecule has 0 aliphatic carbocycles. The molecule has 2 rings (SSSR count). The predicted molar refractivity (Wildman–Crippen MR) is 74.9 cm³/mol. The van der Waals surface area contributed by atoms with E-state index in [9.17, 15) is 4.39 Å². The van der Waals surface area contributed by atoms with Crippen LogP contribution in [0.1, 0.15) is 25.3 Å². The number of hydrogen-bond acceptors (Lipinski definition) is 3. The van der Waals surface area contributed by atoms with Crippen molar-refractivity contribution >= 4 is 0 Å². The Labute approximate surface area is 114 Å². The van der Waals surface area contributed by atoms with Crippen molar-refractivity contribution in [3.05, 3.63) is 29.6 Å². The molecule has 0 radical (unpaired) electrons. The van der Waals surface area contributed by atoms with E-state index in [1.54, 1.807) is 7.11 Å². The van der Waals surface area contributed by atoms with E-state index in [1.165, 1.54) is 18.9 Å². The summed E-state index contributed by atoms with van der Waals surface area (Å²) in [5, 5.41) is 3.41. The number of piperidine rings is 1. The van der Waals surface area contributed by atoms with Gasteiger partial charge in [-0.2, -0.15) is 0 Å². The van der Waals surface area contributed by atoms with Gasteiger partial charge in [0.1, 0.15) is 11.6 Å². The van der Waals surface area contributed by atoms with Crippen molar-refractivity contribution in [2.45, 2.75) is 32.4 Å². The third-order valence-corrected chi connectivity index (χ3v) is 3.83. The Balaban J connectivity index is 2.04. The molecule has 1 aliphatic rings. The average molecular weight is 266 g/mol. The summed E-state index contributed by atoms with van der Waals surface area (Å²) in [5.74, 6) is 0.394. The number of nitrogens with zero attached hydrogens (tertiary/aromatic N) is 1. The Hall–Kier alpha value is -1.13. The third-order valence-electron chi connectivity index (χ3n) is 3.83.